The van der Waals surface area contributed by atoms with Gasteiger partial charge in [0.05, 0.1) is 5.60 Å². The number of likely N-dealkylation sites (tertiary alicyclic amines) is 1. The first kappa shape index (κ1) is 11.0. The number of nitrogens with zero attached hydrogens (tertiary/aromatic N) is 1. The predicted molar refractivity (Wildman–Crippen MR) is 48.9 cm³/mol. The normalized spacial score (nSPS) is 27.4. The highest BCUT2D eigenvalue weighted by Crippen LogP contribution is 2.23. The van der Waals surface area contributed by atoms with E-state index < -0.39 is 17.5 Å². The molecule has 1 saturated heterocycles. The first-order chi connectivity index (χ1) is 6.48. The first-order valence-corrected chi connectivity index (χ1v) is 4.56. The molecule has 1 rings (SSSR count). The minimum atomic E-state index is -1.40. The number of carboxylic acids is 1. The van der Waals surface area contributed by atoms with Gasteiger partial charge in [0.2, 0.25) is 0 Å². The molecule has 1 atom stereocenters. The van der Waals surface area contributed by atoms with E-state index in [4.69, 9.17) is 9.84 Å². The van der Waals surface area contributed by atoms with Gasteiger partial charge in [0.25, 0.3) is 0 Å². The lowest BCUT2D eigenvalue weighted by Gasteiger charge is -2.38. The van der Waals surface area contributed by atoms with Gasteiger partial charge >= 0.3 is 11.9 Å². The number of hydrogen-bond acceptors (Lipinski definition) is 3. The van der Waals surface area contributed by atoms with Crippen molar-refractivity contribution >= 4 is 11.9 Å². The second-order valence-electron chi connectivity index (χ2n) is 3.79. The van der Waals surface area contributed by atoms with Crippen LogP contribution in [-0.2, 0) is 14.3 Å². The topological polar surface area (TPSA) is 66.8 Å². The molecule has 0 spiro atoms. The number of rotatable bonds is 1. The summed E-state index contributed by atoms with van der Waals surface area (Å²) in [5, 5.41) is 8.55. The summed E-state index contributed by atoms with van der Waals surface area (Å²) in [6.07, 6.45) is 1.64. The van der Waals surface area contributed by atoms with Crippen LogP contribution in [0, 0.1) is 0 Å². The third-order valence-electron chi connectivity index (χ3n) is 2.62. The molecule has 0 aromatic carbocycles. The van der Waals surface area contributed by atoms with Crippen LogP contribution in [-0.4, -0.2) is 47.7 Å². The van der Waals surface area contributed by atoms with Crippen LogP contribution < -0.4 is 0 Å². The van der Waals surface area contributed by atoms with Crippen molar-refractivity contribution in [3.8, 4) is 0 Å². The van der Waals surface area contributed by atoms with Crippen LogP contribution in [0.25, 0.3) is 0 Å². The lowest BCUT2D eigenvalue weighted by atomic mass is 9.95. The first-order valence-electron chi connectivity index (χ1n) is 4.56. The Hall–Kier alpha value is -1.10. The summed E-state index contributed by atoms with van der Waals surface area (Å²) < 4.78 is 5.25. The third kappa shape index (κ3) is 2.23. The molecular formula is C9H15NO4. The summed E-state index contributed by atoms with van der Waals surface area (Å²) in [7, 11) is 1.58. The average molecular weight is 201 g/mol. The summed E-state index contributed by atoms with van der Waals surface area (Å²) >= 11 is 0. The van der Waals surface area contributed by atoms with Gasteiger partial charge in [-0.25, -0.2) is 4.79 Å². The minimum absolute atomic E-state index is 0.356. The van der Waals surface area contributed by atoms with E-state index in [-0.39, 0.29) is 0 Å². The van der Waals surface area contributed by atoms with E-state index in [2.05, 4.69) is 0 Å². The lowest BCUT2D eigenvalue weighted by Crippen LogP contribution is -2.51. The fourth-order valence-corrected chi connectivity index (χ4v) is 1.68. The molecule has 1 N–H and O–H groups in total. The maximum absolute atomic E-state index is 11.2. The van der Waals surface area contributed by atoms with Crippen molar-refractivity contribution in [1.29, 1.82) is 0 Å². The standard InChI is InChI=1S/C9H15NO4/c1-9(14-2)4-3-5-10(6-9)7(11)8(12)13/h3-6H2,1-2H3,(H,12,13). The van der Waals surface area contributed by atoms with Crippen LogP contribution in [0.5, 0.6) is 0 Å². The highest BCUT2D eigenvalue weighted by molar-refractivity contribution is 6.31. The van der Waals surface area contributed by atoms with Gasteiger partial charge in [0.15, 0.2) is 0 Å². The molecule has 14 heavy (non-hydrogen) atoms. The van der Waals surface area contributed by atoms with Crippen LogP contribution in [0.2, 0.25) is 0 Å². The Morgan fingerprint density at radius 2 is 2.14 bits per heavy atom. The second kappa shape index (κ2) is 3.96. The van der Waals surface area contributed by atoms with Crippen molar-refractivity contribution in [2.24, 2.45) is 0 Å². The van der Waals surface area contributed by atoms with E-state index in [0.29, 0.717) is 13.1 Å². The third-order valence-corrected chi connectivity index (χ3v) is 2.62. The number of amides is 1. The zero-order valence-corrected chi connectivity index (χ0v) is 8.45. The van der Waals surface area contributed by atoms with Crippen molar-refractivity contribution < 1.29 is 19.4 Å². The van der Waals surface area contributed by atoms with E-state index in [9.17, 15) is 9.59 Å². The van der Waals surface area contributed by atoms with E-state index in [1.54, 1.807) is 7.11 Å². The number of hydrogen-bond donors (Lipinski definition) is 1. The molecule has 1 aliphatic heterocycles. The molecule has 1 amide bonds. The van der Waals surface area contributed by atoms with Gasteiger partial charge < -0.3 is 14.7 Å². The number of methoxy groups -OCH3 is 1. The molecule has 0 aromatic rings. The van der Waals surface area contributed by atoms with E-state index in [1.165, 1.54) is 4.90 Å². The summed E-state index contributed by atoms with van der Waals surface area (Å²) in [5.74, 6) is -2.24. The summed E-state index contributed by atoms with van der Waals surface area (Å²) in [6.45, 7) is 2.74. The van der Waals surface area contributed by atoms with Crippen LogP contribution in [0.4, 0.5) is 0 Å². The SMILES string of the molecule is COC1(C)CCCN(C(=O)C(=O)O)C1. The number of carbonyl (C=O) groups is 2. The van der Waals surface area contributed by atoms with Crippen molar-refractivity contribution in [3.05, 3.63) is 0 Å². The Labute approximate surface area is 82.6 Å². The molecule has 80 valence electrons. The van der Waals surface area contributed by atoms with E-state index in [0.717, 1.165) is 12.8 Å². The smallest absolute Gasteiger partial charge is 0.394 e. The summed E-state index contributed by atoms with van der Waals surface area (Å²) in [5.41, 5.74) is -0.399. The van der Waals surface area contributed by atoms with Crippen molar-refractivity contribution in [3.63, 3.8) is 0 Å². The fourth-order valence-electron chi connectivity index (χ4n) is 1.68. The molecular weight excluding hydrogens is 186 g/mol. The zero-order valence-electron chi connectivity index (χ0n) is 8.45. The maximum Gasteiger partial charge on any atom is 0.394 e. The molecule has 0 saturated carbocycles. The Kier molecular flexibility index (Phi) is 3.10. The molecule has 5 heteroatoms. The number of aliphatic carboxylic acids is 1. The zero-order chi connectivity index (χ0) is 10.8. The van der Waals surface area contributed by atoms with E-state index >= 15 is 0 Å². The van der Waals surface area contributed by atoms with Gasteiger partial charge in [-0.05, 0) is 19.8 Å². The highest BCUT2D eigenvalue weighted by Gasteiger charge is 2.34. The highest BCUT2D eigenvalue weighted by atomic mass is 16.5. The molecule has 1 unspecified atom stereocenters. The maximum atomic E-state index is 11.2. The van der Waals surface area contributed by atoms with Crippen LogP contribution in [0.3, 0.4) is 0 Å². The molecule has 0 aromatic heterocycles. The Balaban J connectivity index is 2.65. The number of ether oxygens (including phenoxy) is 1. The van der Waals surface area contributed by atoms with Gasteiger partial charge in [-0.2, -0.15) is 0 Å². The van der Waals surface area contributed by atoms with Crippen LogP contribution in [0.15, 0.2) is 0 Å². The molecule has 0 radical (unpaired) electrons. The number of piperidine rings is 1. The molecule has 1 heterocycles. The minimum Gasteiger partial charge on any atom is -0.474 e. The van der Waals surface area contributed by atoms with Crippen molar-refractivity contribution in [2.75, 3.05) is 20.2 Å². The predicted octanol–water partition coefficient (Wildman–Crippen LogP) is 0.0985. The van der Waals surface area contributed by atoms with E-state index in [1.807, 2.05) is 6.92 Å². The fraction of sp³-hybridized carbons (Fsp3) is 0.778. The molecule has 5 nitrogen and oxygen atoms in total. The number of carboxylic acid groups (broad SMARTS) is 1. The average Bonchev–Trinajstić information content (AvgIpc) is 2.16. The quantitative estimate of drug-likeness (QED) is 0.611. The monoisotopic (exact) mass is 201 g/mol. The molecule has 1 fully saturated rings. The number of carbonyl (C=O) groups excluding carboxylic acids is 1. The second-order valence-corrected chi connectivity index (χ2v) is 3.79. The summed E-state index contributed by atoms with van der Waals surface area (Å²) in [6, 6.07) is 0. The lowest BCUT2D eigenvalue weighted by molar-refractivity contribution is -0.159. The van der Waals surface area contributed by atoms with Gasteiger partial charge in [-0.3, -0.25) is 4.79 Å². The molecule has 0 bridgehead atoms. The molecule has 1 aliphatic rings. The Morgan fingerprint density at radius 3 is 2.64 bits per heavy atom. The largest absolute Gasteiger partial charge is 0.474 e. The van der Waals surface area contributed by atoms with Gasteiger partial charge in [0, 0.05) is 20.2 Å². The molecule has 0 aliphatic carbocycles. The van der Waals surface area contributed by atoms with Gasteiger partial charge in [0.1, 0.15) is 0 Å². The van der Waals surface area contributed by atoms with Crippen LogP contribution in [0.1, 0.15) is 19.8 Å². The van der Waals surface area contributed by atoms with Crippen molar-refractivity contribution in [1.82, 2.24) is 4.90 Å². The van der Waals surface area contributed by atoms with Crippen LogP contribution >= 0.6 is 0 Å². The summed E-state index contributed by atoms with van der Waals surface area (Å²) in [4.78, 5) is 23.0. The van der Waals surface area contributed by atoms with Gasteiger partial charge in [-0.15, -0.1) is 0 Å². The van der Waals surface area contributed by atoms with Crippen molar-refractivity contribution in [2.45, 2.75) is 25.4 Å². The van der Waals surface area contributed by atoms with Gasteiger partial charge in [-0.1, -0.05) is 0 Å². The Bertz CT molecular complexity index is 253. The Morgan fingerprint density at radius 1 is 1.50 bits per heavy atom.